The first kappa shape index (κ1) is 17.4. The van der Waals surface area contributed by atoms with E-state index in [1.807, 2.05) is 12.3 Å². The SMILES string of the molecule is C[Si](C)(C)Oc1nccc(N([Si](C)(C)C)[Si](C)(C)C)n1. The van der Waals surface area contributed by atoms with Crippen molar-refractivity contribution in [3.05, 3.63) is 12.3 Å². The molecule has 0 aromatic carbocycles. The van der Waals surface area contributed by atoms with E-state index in [0.29, 0.717) is 6.01 Å². The van der Waals surface area contributed by atoms with Gasteiger partial charge >= 0.3 is 6.01 Å². The minimum Gasteiger partial charge on any atom is -0.518 e. The van der Waals surface area contributed by atoms with Gasteiger partial charge in [-0.05, 0) is 25.7 Å². The number of nitrogens with zero attached hydrogens (tertiary/aromatic N) is 3. The molecule has 0 spiro atoms. The van der Waals surface area contributed by atoms with Gasteiger partial charge in [-0.25, -0.2) is 4.98 Å². The molecule has 114 valence electrons. The summed E-state index contributed by atoms with van der Waals surface area (Å²) >= 11 is 0. The van der Waals surface area contributed by atoms with Crippen LogP contribution in [0.15, 0.2) is 12.3 Å². The molecule has 0 atom stereocenters. The number of hydrogen-bond acceptors (Lipinski definition) is 4. The third-order valence-electron chi connectivity index (χ3n) is 2.59. The average molecular weight is 328 g/mol. The van der Waals surface area contributed by atoms with Gasteiger partial charge in [-0.2, -0.15) is 4.98 Å². The second-order valence-corrected chi connectivity index (χ2v) is 22.5. The van der Waals surface area contributed by atoms with Gasteiger partial charge in [0.1, 0.15) is 22.3 Å². The van der Waals surface area contributed by atoms with Crippen LogP contribution in [-0.4, -0.2) is 34.8 Å². The maximum atomic E-state index is 5.94. The van der Waals surface area contributed by atoms with Crippen LogP contribution in [0.5, 0.6) is 6.01 Å². The highest BCUT2D eigenvalue weighted by Gasteiger charge is 2.35. The predicted molar refractivity (Wildman–Crippen MR) is 95.2 cm³/mol. The lowest BCUT2D eigenvalue weighted by Crippen LogP contribution is -2.60. The van der Waals surface area contributed by atoms with Crippen LogP contribution in [0.3, 0.4) is 0 Å². The van der Waals surface area contributed by atoms with Crippen LogP contribution in [0, 0.1) is 0 Å². The smallest absolute Gasteiger partial charge is 0.304 e. The lowest BCUT2D eigenvalue weighted by Gasteiger charge is -2.44. The fourth-order valence-corrected chi connectivity index (χ4v) is 12.8. The summed E-state index contributed by atoms with van der Waals surface area (Å²) < 4.78 is 8.52. The normalized spacial score (nSPS) is 13.2. The Morgan fingerprint density at radius 3 is 1.80 bits per heavy atom. The topological polar surface area (TPSA) is 38.2 Å². The highest BCUT2D eigenvalue weighted by atomic mass is 28.4. The molecule has 0 amide bonds. The number of rotatable bonds is 5. The zero-order valence-corrected chi connectivity index (χ0v) is 17.4. The molecule has 1 rings (SSSR count). The summed E-state index contributed by atoms with van der Waals surface area (Å²) in [4.78, 5) is 8.96. The molecular weight excluding hydrogens is 298 g/mol. The quantitative estimate of drug-likeness (QED) is 0.761. The van der Waals surface area contributed by atoms with Crippen LogP contribution in [0.25, 0.3) is 0 Å². The van der Waals surface area contributed by atoms with Gasteiger partial charge in [-0.15, -0.1) is 0 Å². The van der Waals surface area contributed by atoms with E-state index in [9.17, 15) is 0 Å². The molecule has 1 heterocycles. The Bertz CT molecular complexity index is 447. The van der Waals surface area contributed by atoms with Crippen LogP contribution in [0.2, 0.25) is 58.9 Å². The third-order valence-corrected chi connectivity index (χ3v) is 10.5. The Labute approximate surface area is 126 Å². The largest absolute Gasteiger partial charge is 0.518 e. The van der Waals surface area contributed by atoms with Crippen molar-refractivity contribution in [2.45, 2.75) is 58.9 Å². The summed E-state index contributed by atoms with van der Waals surface area (Å²) in [7, 11) is -4.64. The first-order valence-electron chi connectivity index (χ1n) is 7.13. The van der Waals surface area contributed by atoms with E-state index in [4.69, 9.17) is 4.43 Å². The minimum absolute atomic E-state index is 0.531. The first-order chi connectivity index (χ1) is 8.81. The average Bonchev–Trinajstić information content (AvgIpc) is 2.09. The second kappa shape index (κ2) is 5.61. The molecule has 0 saturated heterocycles. The minimum atomic E-state index is -1.67. The number of anilines is 1. The summed E-state index contributed by atoms with van der Waals surface area (Å²) in [6.45, 7) is 20.7. The van der Waals surface area contributed by atoms with Crippen molar-refractivity contribution >= 4 is 30.6 Å². The third kappa shape index (κ3) is 5.02. The van der Waals surface area contributed by atoms with Crippen molar-refractivity contribution in [3.63, 3.8) is 0 Å². The molecule has 0 N–H and O–H groups in total. The summed E-state index contributed by atoms with van der Waals surface area (Å²) in [6.07, 6.45) is 1.82. The molecule has 7 heteroatoms. The van der Waals surface area contributed by atoms with Gasteiger partial charge in [0.05, 0.1) is 0 Å². The van der Waals surface area contributed by atoms with Crippen molar-refractivity contribution in [3.8, 4) is 6.01 Å². The fourth-order valence-electron chi connectivity index (χ4n) is 2.47. The Balaban J connectivity index is 3.20. The van der Waals surface area contributed by atoms with E-state index in [2.05, 4.69) is 73.1 Å². The van der Waals surface area contributed by atoms with Gasteiger partial charge in [0.15, 0.2) is 0 Å². The van der Waals surface area contributed by atoms with Gasteiger partial charge in [0.25, 0.3) is 0 Å². The molecule has 0 aliphatic carbocycles. The molecule has 0 aliphatic rings. The van der Waals surface area contributed by atoms with Crippen LogP contribution < -0.4 is 8.66 Å². The molecule has 0 bridgehead atoms. The van der Waals surface area contributed by atoms with Crippen molar-refractivity contribution < 1.29 is 4.43 Å². The van der Waals surface area contributed by atoms with E-state index in [-0.39, 0.29) is 0 Å². The predicted octanol–water partition coefficient (Wildman–Crippen LogP) is 4.17. The Kier molecular flexibility index (Phi) is 4.87. The summed E-state index contributed by atoms with van der Waals surface area (Å²) in [5.41, 5.74) is 0. The number of hydrogen-bond donors (Lipinski definition) is 0. The first-order valence-corrected chi connectivity index (χ1v) is 17.4. The summed E-state index contributed by atoms with van der Waals surface area (Å²) in [5, 5.41) is 0. The molecule has 20 heavy (non-hydrogen) atoms. The maximum absolute atomic E-state index is 5.94. The zero-order valence-electron chi connectivity index (χ0n) is 14.4. The molecule has 1 aromatic heterocycles. The van der Waals surface area contributed by atoms with Gasteiger partial charge in [0.2, 0.25) is 8.32 Å². The van der Waals surface area contributed by atoms with Crippen LogP contribution in [-0.2, 0) is 0 Å². The van der Waals surface area contributed by atoms with Gasteiger partial charge < -0.3 is 8.66 Å². The molecule has 0 saturated carbocycles. The van der Waals surface area contributed by atoms with Gasteiger partial charge in [0, 0.05) is 6.20 Å². The monoisotopic (exact) mass is 327 g/mol. The van der Waals surface area contributed by atoms with Crippen LogP contribution in [0.1, 0.15) is 0 Å². The fraction of sp³-hybridized carbons (Fsp3) is 0.692. The molecular formula is C13H29N3OSi3. The molecule has 0 radical (unpaired) electrons. The molecule has 0 unspecified atom stereocenters. The van der Waals surface area contributed by atoms with E-state index in [0.717, 1.165) is 5.82 Å². The number of aromatic nitrogens is 2. The zero-order chi connectivity index (χ0) is 15.8. The maximum Gasteiger partial charge on any atom is 0.304 e. The van der Waals surface area contributed by atoms with Gasteiger partial charge in [-0.1, -0.05) is 39.3 Å². The lowest BCUT2D eigenvalue weighted by atomic mass is 10.6. The van der Waals surface area contributed by atoms with E-state index in [1.54, 1.807) is 0 Å². The van der Waals surface area contributed by atoms with E-state index < -0.39 is 24.8 Å². The molecule has 0 fully saturated rings. The van der Waals surface area contributed by atoms with Crippen molar-refractivity contribution in [2.75, 3.05) is 4.23 Å². The second-order valence-electron chi connectivity index (χ2n) is 8.09. The molecule has 4 nitrogen and oxygen atoms in total. The summed E-state index contributed by atoms with van der Waals surface area (Å²) in [5.74, 6) is 1.03. The van der Waals surface area contributed by atoms with Crippen LogP contribution >= 0.6 is 0 Å². The Hall–Kier alpha value is -0.669. The van der Waals surface area contributed by atoms with Crippen molar-refractivity contribution in [1.29, 1.82) is 0 Å². The standard InChI is InChI=1S/C13H29N3OSi3/c1-18(2,3)16(19(4,5)6)12-10-11-14-13(15-12)17-20(7,8)9/h10-11H,1-9H3. The lowest BCUT2D eigenvalue weighted by molar-refractivity contribution is 0.510. The molecule has 1 aromatic rings. The Morgan fingerprint density at radius 2 is 1.40 bits per heavy atom. The Morgan fingerprint density at radius 1 is 0.900 bits per heavy atom. The van der Waals surface area contributed by atoms with Crippen molar-refractivity contribution in [1.82, 2.24) is 9.97 Å². The van der Waals surface area contributed by atoms with E-state index >= 15 is 0 Å². The highest BCUT2D eigenvalue weighted by molar-refractivity contribution is 6.99. The highest BCUT2D eigenvalue weighted by Crippen LogP contribution is 2.27. The van der Waals surface area contributed by atoms with Crippen molar-refractivity contribution in [2.24, 2.45) is 0 Å². The van der Waals surface area contributed by atoms with E-state index in [1.165, 1.54) is 0 Å². The summed E-state index contributed by atoms with van der Waals surface area (Å²) in [6, 6.07) is 2.55. The molecule has 0 aliphatic heterocycles. The van der Waals surface area contributed by atoms with Crippen LogP contribution in [0.4, 0.5) is 5.82 Å². The van der Waals surface area contributed by atoms with Gasteiger partial charge in [-0.3, -0.25) is 0 Å².